The van der Waals surface area contributed by atoms with E-state index in [-0.39, 0.29) is 24.1 Å². The lowest BCUT2D eigenvalue weighted by Crippen LogP contribution is -2.48. The van der Waals surface area contributed by atoms with Crippen molar-refractivity contribution in [3.05, 3.63) is 69.7 Å². The number of nitrogens with zero attached hydrogens (tertiary/aromatic N) is 1. The van der Waals surface area contributed by atoms with Crippen molar-refractivity contribution < 1.29 is 9.59 Å². The van der Waals surface area contributed by atoms with E-state index in [4.69, 9.17) is 23.2 Å². The molecule has 1 unspecified atom stereocenters. The van der Waals surface area contributed by atoms with Crippen LogP contribution >= 0.6 is 35.0 Å². The molecule has 0 aliphatic rings. The summed E-state index contributed by atoms with van der Waals surface area (Å²) in [6.45, 7) is 4.59. The first-order chi connectivity index (χ1) is 14.4. The standard InChI is InChI=1S/C23H28Cl2N2O2S/c1-3-4-13-26-23(29)17(2)27(14-19-20(24)11-8-12-21(19)25)22(28)16-30-15-18-9-6-5-7-10-18/h5-12,17H,3-4,13-16H2,1-2H3,(H,26,29). The lowest BCUT2D eigenvalue weighted by Gasteiger charge is -2.29. The minimum atomic E-state index is -0.626. The maximum atomic E-state index is 13.1. The van der Waals surface area contributed by atoms with Crippen molar-refractivity contribution in [2.75, 3.05) is 12.3 Å². The number of unbranched alkanes of at least 4 members (excludes halogenated alkanes) is 1. The smallest absolute Gasteiger partial charge is 0.242 e. The average molecular weight is 467 g/mol. The third kappa shape index (κ3) is 7.53. The van der Waals surface area contributed by atoms with Crippen molar-refractivity contribution in [2.45, 2.75) is 45.0 Å². The number of hydrogen-bond donors (Lipinski definition) is 1. The monoisotopic (exact) mass is 466 g/mol. The molecule has 0 saturated heterocycles. The van der Waals surface area contributed by atoms with E-state index in [0.29, 0.717) is 22.2 Å². The second kappa shape index (κ2) is 12.9. The predicted octanol–water partition coefficient (Wildman–Crippen LogP) is 5.56. The lowest BCUT2D eigenvalue weighted by atomic mass is 10.1. The zero-order valence-electron chi connectivity index (χ0n) is 17.4. The van der Waals surface area contributed by atoms with Gasteiger partial charge in [0.05, 0.1) is 5.75 Å². The summed E-state index contributed by atoms with van der Waals surface area (Å²) < 4.78 is 0. The maximum Gasteiger partial charge on any atom is 0.242 e. The highest BCUT2D eigenvalue weighted by Gasteiger charge is 2.27. The molecule has 1 atom stereocenters. The van der Waals surface area contributed by atoms with Crippen molar-refractivity contribution in [3.63, 3.8) is 0 Å². The molecule has 30 heavy (non-hydrogen) atoms. The Bertz CT molecular complexity index is 813. The fourth-order valence-electron chi connectivity index (χ4n) is 2.89. The highest BCUT2D eigenvalue weighted by atomic mass is 35.5. The van der Waals surface area contributed by atoms with Crippen LogP contribution in [-0.4, -0.2) is 35.1 Å². The molecule has 162 valence electrons. The third-order valence-corrected chi connectivity index (χ3v) is 6.42. The molecule has 0 aliphatic carbocycles. The maximum absolute atomic E-state index is 13.1. The number of nitrogens with one attached hydrogen (secondary N) is 1. The minimum Gasteiger partial charge on any atom is -0.354 e. The number of carbonyl (C=O) groups excluding carboxylic acids is 2. The second-order valence-corrected chi connectivity index (χ2v) is 8.82. The van der Waals surface area contributed by atoms with E-state index < -0.39 is 6.04 Å². The van der Waals surface area contributed by atoms with Crippen LogP contribution < -0.4 is 5.32 Å². The van der Waals surface area contributed by atoms with Gasteiger partial charge in [-0.15, -0.1) is 11.8 Å². The molecule has 0 spiro atoms. The lowest BCUT2D eigenvalue weighted by molar-refractivity contribution is -0.138. The Hall–Kier alpha value is -1.69. The van der Waals surface area contributed by atoms with Gasteiger partial charge in [-0.05, 0) is 31.0 Å². The molecule has 2 rings (SSSR count). The van der Waals surface area contributed by atoms with Crippen molar-refractivity contribution in [1.29, 1.82) is 0 Å². The van der Waals surface area contributed by atoms with Crippen LogP contribution in [-0.2, 0) is 21.9 Å². The Morgan fingerprint density at radius 1 is 1.07 bits per heavy atom. The van der Waals surface area contributed by atoms with Crippen molar-refractivity contribution in [3.8, 4) is 0 Å². The van der Waals surface area contributed by atoms with E-state index in [1.807, 2.05) is 30.3 Å². The Morgan fingerprint density at radius 2 is 1.73 bits per heavy atom. The first-order valence-electron chi connectivity index (χ1n) is 10.1. The summed E-state index contributed by atoms with van der Waals surface area (Å²) >= 11 is 14.2. The van der Waals surface area contributed by atoms with Gasteiger partial charge in [-0.2, -0.15) is 0 Å². The predicted molar refractivity (Wildman–Crippen MR) is 127 cm³/mol. The van der Waals surface area contributed by atoms with Crippen LogP contribution in [0.25, 0.3) is 0 Å². The molecule has 2 aromatic carbocycles. The second-order valence-electron chi connectivity index (χ2n) is 7.02. The molecule has 0 heterocycles. The van der Waals surface area contributed by atoms with Gasteiger partial charge >= 0.3 is 0 Å². The summed E-state index contributed by atoms with van der Waals surface area (Å²) in [5.41, 5.74) is 1.80. The van der Waals surface area contributed by atoms with E-state index in [9.17, 15) is 9.59 Å². The summed E-state index contributed by atoms with van der Waals surface area (Å²) in [5.74, 6) is 0.701. The summed E-state index contributed by atoms with van der Waals surface area (Å²) in [4.78, 5) is 27.3. The van der Waals surface area contributed by atoms with Gasteiger partial charge in [0.25, 0.3) is 0 Å². The largest absolute Gasteiger partial charge is 0.354 e. The Morgan fingerprint density at radius 3 is 2.37 bits per heavy atom. The number of rotatable bonds is 11. The number of thioether (sulfide) groups is 1. The van der Waals surface area contributed by atoms with Crippen LogP contribution in [0.1, 0.15) is 37.8 Å². The zero-order chi connectivity index (χ0) is 21.9. The Balaban J connectivity index is 2.10. The minimum absolute atomic E-state index is 0.120. The van der Waals surface area contributed by atoms with Crippen LogP contribution in [0.2, 0.25) is 10.0 Å². The summed E-state index contributed by atoms with van der Waals surface area (Å²) in [7, 11) is 0. The van der Waals surface area contributed by atoms with Crippen LogP contribution in [0.3, 0.4) is 0 Å². The van der Waals surface area contributed by atoms with Crippen LogP contribution in [0.15, 0.2) is 48.5 Å². The Labute approximate surface area is 193 Å². The van der Waals surface area contributed by atoms with Gasteiger partial charge in [0.2, 0.25) is 11.8 Å². The molecule has 0 radical (unpaired) electrons. The van der Waals surface area contributed by atoms with Gasteiger partial charge in [0.1, 0.15) is 6.04 Å². The summed E-state index contributed by atoms with van der Waals surface area (Å²) in [6, 6.07) is 14.6. The van der Waals surface area contributed by atoms with E-state index >= 15 is 0 Å². The molecule has 7 heteroatoms. The highest BCUT2D eigenvalue weighted by Crippen LogP contribution is 2.27. The van der Waals surface area contributed by atoms with Crippen LogP contribution in [0, 0.1) is 0 Å². The normalized spacial score (nSPS) is 11.7. The van der Waals surface area contributed by atoms with Gasteiger partial charge in [0, 0.05) is 34.5 Å². The SMILES string of the molecule is CCCCNC(=O)C(C)N(Cc1c(Cl)cccc1Cl)C(=O)CSCc1ccccc1. The Kier molecular flexibility index (Phi) is 10.6. The molecule has 0 aliphatic heterocycles. The third-order valence-electron chi connectivity index (χ3n) is 4.72. The molecular formula is C23H28Cl2N2O2S. The van der Waals surface area contributed by atoms with Gasteiger partial charge in [-0.1, -0.05) is 72.9 Å². The molecule has 0 bridgehead atoms. The molecule has 1 N–H and O–H groups in total. The number of amides is 2. The molecule has 2 amide bonds. The van der Waals surface area contributed by atoms with Crippen molar-refractivity contribution >= 4 is 46.8 Å². The van der Waals surface area contributed by atoms with E-state index in [1.54, 1.807) is 30.0 Å². The molecule has 2 aromatic rings. The van der Waals surface area contributed by atoms with Gasteiger partial charge in [-0.25, -0.2) is 0 Å². The van der Waals surface area contributed by atoms with Gasteiger partial charge in [0.15, 0.2) is 0 Å². The quantitative estimate of drug-likeness (QED) is 0.440. The van der Waals surface area contributed by atoms with Gasteiger partial charge < -0.3 is 10.2 Å². The van der Waals surface area contributed by atoms with Crippen LogP contribution in [0.4, 0.5) is 0 Å². The fraction of sp³-hybridized carbons (Fsp3) is 0.391. The van der Waals surface area contributed by atoms with E-state index in [0.717, 1.165) is 24.2 Å². The number of benzene rings is 2. The topological polar surface area (TPSA) is 49.4 Å². The van der Waals surface area contributed by atoms with E-state index in [1.165, 1.54) is 11.8 Å². The molecule has 0 aromatic heterocycles. The summed E-state index contributed by atoms with van der Waals surface area (Å²) in [5, 5.41) is 3.87. The number of halogens is 2. The first kappa shape index (κ1) is 24.6. The molecule has 0 saturated carbocycles. The van der Waals surface area contributed by atoms with Crippen LogP contribution in [0.5, 0.6) is 0 Å². The molecular weight excluding hydrogens is 439 g/mol. The van der Waals surface area contributed by atoms with Gasteiger partial charge in [-0.3, -0.25) is 9.59 Å². The molecule has 4 nitrogen and oxygen atoms in total. The first-order valence-corrected chi connectivity index (χ1v) is 12.0. The molecule has 0 fully saturated rings. The fourth-order valence-corrected chi connectivity index (χ4v) is 4.27. The number of hydrogen-bond acceptors (Lipinski definition) is 3. The average Bonchev–Trinajstić information content (AvgIpc) is 2.74. The highest BCUT2D eigenvalue weighted by molar-refractivity contribution is 7.99. The van der Waals surface area contributed by atoms with Crippen molar-refractivity contribution in [2.24, 2.45) is 0 Å². The zero-order valence-corrected chi connectivity index (χ0v) is 19.7. The number of carbonyl (C=O) groups is 2. The van der Waals surface area contributed by atoms with Crippen molar-refractivity contribution in [1.82, 2.24) is 10.2 Å². The van der Waals surface area contributed by atoms with E-state index in [2.05, 4.69) is 12.2 Å². The summed E-state index contributed by atoms with van der Waals surface area (Å²) in [6.07, 6.45) is 1.89.